The van der Waals surface area contributed by atoms with Crippen LogP contribution in [0.1, 0.15) is 232 Å². The summed E-state index contributed by atoms with van der Waals surface area (Å²) in [6, 6.07) is 0. The first kappa shape index (κ1) is 66.7. The summed E-state index contributed by atoms with van der Waals surface area (Å²) < 4.78 is 34.8. The number of phosphoric acid groups is 1. The fraction of sp³-hybridized carbons (Fsp3) is 0.750. The van der Waals surface area contributed by atoms with E-state index in [2.05, 4.69) is 98.9 Å². The van der Waals surface area contributed by atoms with Crippen molar-refractivity contribution in [3.63, 3.8) is 0 Å². The molecule has 0 N–H and O–H groups in total. The Labute approximate surface area is 426 Å². The van der Waals surface area contributed by atoms with Gasteiger partial charge in [-0.2, -0.15) is 0 Å². The maximum atomic E-state index is 12.8. The molecular formula is C60H108NO7P. The smallest absolute Gasteiger partial charge is 0.306 e. The third-order valence-corrected chi connectivity index (χ3v) is 12.9. The average Bonchev–Trinajstić information content (AvgIpc) is 3.31. The van der Waals surface area contributed by atoms with Gasteiger partial charge >= 0.3 is 5.97 Å². The van der Waals surface area contributed by atoms with Crippen LogP contribution < -0.4 is 4.89 Å². The van der Waals surface area contributed by atoms with Crippen LogP contribution in [0.4, 0.5) is 0 Å². The lowest BCUT2D eigenvalue weighted by atomic mass is 10.0. The number of likely N-dealkylation sites (N-methyl/N-ethyl adjacent to an activating group) is 1. The molecule has 0 spiro atoms. The molecular weight excluding hydrogens is 878 g/mol. The Kier molecular flexibility index (Phi) is 50.3. The average molecular weight is 986 g/mol. The summed E-state index contributed by atoms with van der Waals surface area (Å²) in [5.74, 6) is -0.346. The van der Waals surface area contributed by atoms with Crippen LogP contribution in [0.3, 0.4) is 0 Å². The van der Waals surface area contributed by atoms with Crippen molar-refractivity contribution in [3.05, 3.63) is 85.1 Å². The number of unbranched alkanes of at least 4 members (excludes halogenated alkanes) is 24. The van der Waals surface area contributed by atoms with E-state index in [9.17, 15) is 14.3 Å². The monoisotopic (exact) mass is 986 g/mol. The number of hydrogen-bond acceptors (Lipinski definition) is 7. The number of nitrogens with zero attached hydrogens (tertiary/aromatic N) is 1. The molecule has 0 aliphatic rings. The van der Waals surface area contributed by atoms with Gasteiger partial charge in [-0.15, -0.1) is 0 Å². The molecule has 8 nitrogen and oxygen atoms in total. The van der Waals surface area contributed by atoms with Crippen molar-refractivity contribution < 1.29 is 37.3 Å². The van der Waals surface area contributed by atoms with E-state index in [1.807, 2.05) is 21.1 Å². The molecule has 0 heterocycles. The van der Waals surface area contributed by atoms with Gasteiger partial charge in [0.25, 0.3) is 7.82 Å². The molecule has 0 rings (SSSR count). The summed E-state index contributed by atoms with van der Waals surface area (Å²) in [5.41, 5.74) is 0. The second kappa shape index (κ2) is 52.0. The largest absolute Gasteiger partial charge is 0.756 e. The second-order valence-corrected chi connectivity index (χ2v) is 21.3. The highest BCUT2D eigenvalue weighted by Gasteiger charge is 2.20. The van der Waals surface area contributed by atoms with Crippen LogP contribution in [0.15, 0.2) is 85.1 Å². The summed E-state index contributed by atoms with van der Waals surface area (Å²) in [6.45, 7) is 5.28. The molecule has 0 aliphatic carbocycles. The summed E-state index contributed by atoms with van der Waals surface area (Å²) >= 11 is 0. The van der Waals surface area contributed by atoms with Crippen LogP contribution in [0.5, 0.6) is 0 Å². The number of phosphoric ester groups is 1. The first-order valence-corrected chi connectivity index (χ1v) is 29.8. The Morgan fingerprint density at radius 1 is 0.464 bits per heavy atom. The van der Waals surface area contributed by atoms with Crippen LogP contribution in [0, 0.1) is 0 Å². The molecule has 0 aliphatic heterocycles. The Morgan fingerprint density at radius 2 is 0.841 bits per heavy atom. The summed E-state index contributed by atoms with van der Waals surface area (Å²) in [6.07, 6.45) is 70.4. The van der Waals surface area contributed by atoms with E-state index in [1.165, 1.54) is 128 Å². The molecule has 69 heavy (non-hydrogen) atoms. The van der Waals surface area contributed by atoms with E-state index in [1.54, 1.807) is 0 Å². The number of allylic oxidation sites excluding steroid dienone is 14. The molecule has 0 saturated heterocycles. The van der Waals surface area contributed by atoms with Gasteiger partial charge in [-0.05, 0) is 89.9 Å². The third-order valence-electron chi connectivity index (χ3n) is 11.9. The highest BCUT2D eigenvalue weighted by Crippen LogP contribution is 2.38. The number of esters is 1. The van der Waals surface area contributed by atoms with Crippen molar-refractivity contribution in [1.82, 2.24) is 0 Å². The molecule has 400 valence electrons. The maximum Gasteiger partial charge on any atom is 0.306 e. The van der Waals surface area contributed by atoms with Crippen LogP contribution in [-0.4, -0.2) is 70.7 Å². The first-order valence-electron chi connectivity index (χ1n) is 28.3. The van der Waals surface area contributed by atoms with Crippen LogP contribution in [-0.2, 0) is 27.9 Å². The Hall–Kier alpha value is -2.32. The van der Waals surface area contributed by atoms with Crippen LogP contribution >= 0.6 is 7.82 Å². The zero-order chi connectivity index (χ0) is 50.5. The summed E-state index contributed by atoms with van der Waals surface area (Å²) in [7, 11) is 1.34. The van der Waals surface area contributed by atoms with Gasteiger partial charge in [0.15, 0.2) is 0 Å². The van der Waals surface area contributed by atoms with Gasteiger partial charge in [0.1, 0.15) is 19.3 Å². The highest BCUT2D eigenvalue weighted by molar-refractivity contribution is 7.45. The molecule has 0 amide bonds. The van der Waals surface area contributed by atoms with Crippen molar-refractivity contribution in [1.29, 1.82) is 0 Å². The minimum atomic E-state index is -4.54. The van der Waals surface area contributed by atoms with Gasteiger partial charge in [-0.25, -0.2) is 0 Å². The molecule has 0 aromatic rings. The number of ether oxygens (including phenoxy) is 2. The van der Waals surface area contributed by atoms with Crippen LogP contribution in [0.2, 0.25) is 0 Å². The SMILES string of the molecule is CC/C=C\C/C=C\C/C=C\C/C=C\C/C=C\CCCCCCCCCC(=O)OC(COCCCCCCCCCCCCCC/C=C\C/C=C\CCCCCCC)COP(=O)([O-])OCC[N+](C)(C)C. The Morgan fingerprint density at radius 3 is 1.26 bits per heavy atom. The molecule has 9 heteroatoms. The fourth-order valence-electron chi connectivity index (χ4n) is 7.60. The van der Waals surface area contributed by atoms with Crippen molar-refractivity contribution in [3.8, 4) is 0 Å². The minimum absolute atomic E-state index is 0.0197. The molecule has 0 fully saturated rings. The van der Waals surface area contributed by atoms with E-state index >= 15 is 0 Å². The molecule has 0 bridgehead atoms. The minimum Gasteiger partial charge on any atom is -0.756 e. The predicted octanol–water partition coefficient (Wildman–Crippen LogP) is 17.3. The Balaban J connectivity index is 4.13. The lowest BCUT2D eigenvalue weighted by Gasteiger charge is -2.28. The van der Waals surface area contributed by atoms with Crippen molar-refractivity contribution in [2.45, 2.75) is 238 Å². The number of hydrogen-bond donors (Lipinski definition) is 0. The normalized spacial score (nSPS) is 14.1. The zero-order valence-electron chi connectivity index (χ0n) is 45.5. The third kappa shape index (κ3) is 56.5. The molecule has 0 saturated carbocycles. The van der Waals surface area contributed by atoms with E-state index in [-0.39, 0.29) is 25.8 Å². The molecule has 2 unspecified atom stereocenters. The topological polar surface area (TPSA) is 94.1 Å². The van der Waals surface area contributed by atoms with Crippen LogP contribution in [0.25, 0.3) is 0 Å². The van der Waals surface area contributed by atoms with E-state index in [0.717, 1.165) is 83.5 Å². The zero-order valence-corrected chi connectivity index (χ0v) is 46.4. The molecule has 0 radical (unpaired) electrons. The maximum absolute atomic E-state index is 12.8. The number of rotatable bonds is 52. The lowest BCUT2D eigenvalue weighted by molar-refractivity contribution is -0.870. The summed E-state index contributed by atoms with van der Waals surface area (Å²) in [5, 5.41) is 0. The van der Waals surface area contributed by atoms with Gasteiger partial charge in [-0.3, -0.25) is 9.36 Å². The highest BCUT2D eigenvalue weighted by atomic mass is 31.2. The summed E-state index contributed by atoms with van der Waals surface area (Å²) in [4.78, 5) is 25.3. The van der Waals surface area contributed by atoms with E-state index in [0.29, 0.717) is 24.1 Å². The predicted molar refractivity (Wildman–Crippen MR) is 295 cm³/mol. The van der Waals surface area contributed by atoms with Gasteiger partial charge in [0, 0.05) is 13.0 Å². The second-order valence-electron chi connectivity index (χ2n) is 19.9. The first-order chi connectivity index (χ1) is 33.6. The van der Waals surface area contributed by atoms with Crippen molar-refractivity contribution >= 4 is 13.8 Å². The van der Waals surface area contributed by atoms with Crippen molar-refractivity contribution in [2.24, 2.45) is 0 Å². The van der Waals surface area contributed by atoms with Crippen molar-refractivity contribution in [2.75, 3.05) is 54.1 Å². The van der Waals surface area contributed by atoms with E-state index in [4.69, 9.17) is 18.5 Å². The molecule has 2 atom stereocenters. The lowest BCUT2D eigenvalue weighted by Crippen LogP contribution is -2.37. The van der Waals surface area contributed by atoms with Gasteiger partial charge < -0.3 is 27.9 Å². The van der Waals surface area contributed by atoms with Gasteiger partial charge in [0.05, 0.1) is 34.4 Å². The molecule has 0 aromatic carbocycles. The number of carbonyl (C=O) groups excluding carboxylic acids is 1. The van der Waals surface area contributed by atoms with Gasteiger partial charge in [-0.1, -0.05) is 221 Å². The van der Waals surface area contributed by atoms with Gasteiger partial charge in [0.2, 0.25) is 0 Å². The number of carbonyl (C=O) groups is 1. The molecule has 0 aromatic heterocycles. The fourth-order valence-corrected chi connectivity index (χ4v) is 8.33. The quantitative estimate of drug-likeness (QED) is 0.0197. The number of quaternary nitrogens is 1. The Bertz CT molecular complexity index is 1380. The standard InChI is InChI=1S/C60H108NO7P/c1-6-8-10-12-14-16-18-20-22-24-26-28-30-32-34-36-38-40-42-44-46-48-50-52-55-65-57-59(58-67-69(63,64)66-56-54-61(3,4)5)68-60(62)53-51-49-47-45-43-41-39-37-35-33-31-29-27-25-23-21-19-17-15-13-11-9-7-2/h9,11,15,17-18,20-21,23-24,26-27,29,33,35,59H,6-8,10,12-14,16,19,22,25,28,30-32,34,36-58H2,1-5H3/b11-9-,17-15-,20-18-,23-21-,26-24-,29-27-,35-33-. The van der Waals surface area contributed by atoms with E-state index < -0.39 is 13.9 Å².